The molecule has 0 bridgehead atoms. The summed E-state index contributed by atoms with van der Waals surface area (Å²) in [5, 5.41) is 3.58. The van der Waals surface area contributed by atoms with Crippen molar-refractivity contribution in [1.82, 2.24) is 10.2 Å². The average molecular weight is 278 g/mol. The number of unbranched alkanes of at least 4 members (excludes halogenated alkanes) is 1. The first kappa shape index (κ1) is 15.5. The molecule has 2 atom stereocenters. The van der Waals surface area contributed by atoms with Crippen molar-refractivity contribution in [2.24, 2.45) is 0 Å². The van der Waals surface area contributed by atoms with Crippen molar-refractivity contribution < 1.29 is 4.39 Å². The highest BCUT2D eigenvalue weighted by atomic mass is 19.1. The molecule has 20 heavy (non-hydrogen) atoms. The molecule has 1 aliphatic heterocycles. The van der Waals surface area contributed by atoms with E-state index in [0.29, 0.717) is 12.1 Å². The Kier molecular flexibility index (Phi) is 5.99. The summed E-state index contributed by atoms with van der Waals surface area (Å²) >= 11 is 0. The minimum absolute atomic E-state index is 0.154. The molecule has 1 heterocycles. The summed E-state index contributed by atoms with van der Waals surface area (Å²) in [5.41, 5.74) is 1.21. The molecule has 112 valence electrons. The van der Waals surface area contributed by atoms with Crippen LogP contribution < -0.4 is 5.32 Å². The molecule has 0 aliphatic carbocycles. The lowest BCUT2D eigenvalue weighted by molar-refractivity contribution is 0.189. The summed E-state index contributed by atoms with van der Waals surface area (Å²) in [5.74, 6) is -0.154. The molecule has 1 N–H and O–H groups in total. The van der Waals surface area contributed by atoms with Gasteiger partial charge < -0.3 is 5.32 Å². The minimum atomic E-state index is -0.154. The SMILES string of the molecule is CCCCN(CC1CCCN1)C(C)c1ccc(F)cc1. The normalized spacial score (nSPS) is 20.5. The van der Waals surface area contributed by atoms with E-state index >= 15 is 0 Å². The van der Waals surface area contributed by atoms with Gasteiger partial charge in [-0.2, -0.15) is 0 Å². The summed E-state index contributed by atoms with van der Waals surface area (Å²) < 4.78 is 13.1. The Labute approximate surface area is 122 Å². The maximum Gasteiger partial charge on any atom is 0.123 e. The molecule has 1 aromatic rings. The zero-order chi connectivity index (χ0) is 14.4. The van der Waals surface area contributed by atoms with Crippen molar-refractivity contribution in [3.05, 3.63) is 35.6 Å². The van der Waals surface area contributed by atoms with Crippen LogP contribution in [0.25, 0.3) is 0 Å². The van der Waals surface area contributed by atoms with Gasteiger partial charge in [-0.1, -0.05) is 25.5 Å². The molecule has 1 aromatic carbocycles. The molecule has 0 radical (unpaired) electrons. The second-order valence-electron chi connectivity index (χ2n) is 5.87. The van der Waals surface area contributed by atoms with E-state index in [-0.39, 0.29) is 5.82 Å². The van der Waals surface area contributed by atoms with Crippen molar-refractivity contribution >= 4 is 0 Å². The number of benzene rings is 1. The maximum absolute atomic E-state index is 13.1. The predicted octanol–water partition coefficient (Wildman–Crippen LogP) is 3.74. The van der Waals surface area contributed by atoms with Gasteiger partial charge in [0, 0.05) is 18.6 Å². The molecule has 1 aliphatic rings. The Morgan fingerprint density at radius 3 is 2.70 bits per heavy atom. The third-order valence-corrected chi connectivity index (χ3v) is 4.32. The van der Waals surface area contributed by atoms with Crippen LogP contribution in [0.4, 0.5) is 4.39 Å². The van der Waals surface area contributed by atoms with E-state index in [1.807, 2.05) is 12.1 Å². The molecule has 0 amide bonds. The van der Waals surface area contributed by atoms with Gasteiger partial charge in [-0.15, -0.1) is 0 Å². The molecule has 3 heteroatoms. The third-order valence-electron chi connectivity index (χ3n) is 4.32. The fourth-order valence-corrected chi connectivity index (χ4v) is 2.95. The van der Waals surface area contributed by atoms with Crippen LogP contribution in [0.3, 0.4) is 0 Å². The lowest BCUT2D eigenvalue weighted by Crippen LogP contribution is -2.39. The summed E-state index contributed by atoms with van der Waals surface area (Å²) in [4.78, 5) is 2.54. The first-order valence-corrected chi connectivity index (χ1v) is 7.93. The smallest absolute Gasteiger partial charge is 0.123 e. The van der Waals surface area contributed by atoms with Crippen molar-refractivity contribution in [2.45, 2.75) is 51.6 Å². The molecular formula is C17H27FN2. The summed E-state index contributed by atoms with van der Waals surface area (Å²) in [7, 11) is 0. The molecule has 2 nitrogen and oxygen atoms in total. The Balaban J connectivity index is 2.01. The molecule has 1 saturated heterocycles. The fraction of sp³-hybridized carbons (Fsp3) is 0.647. The number of halogens is 1. The number of nitrogens with one attached hydrogen (secondary N) is 1. The Morgan fingerprint density at radius 2 is 2.10 bits per heavy atom. The Hall–Kier alpha value is -0.930. The molecule has 0 saturated carbocycles. The summed E-state index contributed by atoms with van der Waals surface area (Å²) in [6.07, 6.45) is 5.00. The van der Waals surface area contributed by atoms with Gasteiger partial charge in [0.25, 0.3) is 0 Å². The first-order valence-electron chi connectivity index (χ1n) is 7.93. The summed E-state index contributed by atoms with van der Waals surface area (Å²) in [6, 6.07) is 7.94. The van der Waals surface area contributed by atoms with Crippen LogP contribution in [0.2, 0.25) is 0 Å². The van der Waals surface area contributed by atoms with Crippen LogP contribution in [0.15, 0.2) is 24.3 Å². The van der Waals surface area contributed by atoms with Crippen LogP contribution in [-0.4, -0.2) is 30.6 Å². The number of nitrogens with zero attached hydrogens (tertiary/aromatic N) is 1. The van der Waals surface area contributed by atoms with Crippen LogP contribution >= 0.6 is 0 Å². The van der Waals surface area contributed by atoms with Crippen LogP contribution in [0.5, 0.6) is 0 Å². The van der Waals surface area contributed by atoms with E-state index in [4.69, 9.17) is 0 Å². The van der Waals surface area contributed by atoms with E-state index in [9.17, 15) is 4.39 Å². The average Bonchev–Trinajstić information content (AvgIpc) is 2.96. The Bertz CT molecular complexity index is 384. The molecule has 2 unspecified atom stereocenters. The zero-order valence-electron chi connectivity index (χ0n) is 12.7. The van der Waals surface area contributed by atoms with Crippen molar-refractivity contribution in [2.75, 3.05) is 19.6 Å². The number of hydrogen-bond donors (Lipinski definition) is 1. The van der Waals surface area contributed by atoms with Crippen LogP contribution in [-0.2, 0) is 0 Å². The van der Waals surface area contributed by atoms with Gasteiger partial charge in [0.1, 0.15) is 5.82 Å². The van der Waals surface area contributed by atoms with Gasteiger partial charge in [0.2, 0.25) is 0 Å². The standard InChI is InChI=1S/C17H27FN2/c1-3-4-12-20(13-17-6-5-11-19-17)14(2)15-7-9-16(18)10-8-15/h7-10,14,17,19H,3-6,11-13H2,1-2H3. The monoisotopic (exact) mass is 278 g/mol. The van der Waals surface area contributed by atoms with E-state index in [1.165, 1.54) is 31.2 Å². The number of rotatable bonds is 7. The highest BCUT2D eigenvalue weighted by molar-refractivity contribution is 5.19. The lowest BCUT2D eigenvalue weighted by atomic mass is 10.0. The van der Waals surface area contributed by atoms with Crippen molar-refractivity contribution in [1.29, 1.82) is 0 Å². The van der Waals surface area contributed by atoms with Gasteiger partial charge in [-0.25, -0.2) is 4.39 Å². The van der Waals surface area contributed by atoms with E-state index in [0.717, 1.165) is 19.6 Å². The highest BCUT2D eigenvalue weighted by Gasteiger charge is 2.21. The maximum atomic E-state index is 13.1. The van der Waals surface area contributed by atoms with Gasteiger partial charge >= 0.3 is 0 Å². The Morgan fingerprint density at radius 1 is 1.35 bits per heavy atom. The topological polar surface area (TPSA) is 15.3 Å². The van der Waals surface area contributed by atoms with Gasteiger partial charge in [0.15, 0.2) is 0 Å². The molecular weight excluding hydrogens is 251 g/mol. The van der Waals surface area contributed by atoms with Gasteiger partial charge in [-0.3, -0.25) is 4.90 Å². The second kappa shape index (κ2) is 7.75. The second-order valence-corrected chi connectivity index (χ2v) is 5.87. The fourth-order valence-electron chi connectivity index (χ4n) is 2.95. The highest BCUT2D eigenvalue weighted by Crippen LogP contribution is 2.22. The van der Waals surface area contributed by atoms with Gasteiger partial charge in [-0.05, 0) is 57.0 Å². The van der Waals surface area contributed by atoms with E-state index in [2.05, 4.69) is 24.1 Å². The zero-order valence-corrected chi connectivity index (χ0v) is 12.7. The van der Waals surface area contributed by atoms with E-state index in [1.54, 1.807) is 12.1 Å². The molecule has 2 rings (SSSR count). The molecule has 1 fully saturated rings. The van der Waals surface area contributed by atoms with Gasteiger partial charge in [0.05, 0.1) is 0 Å². The summed E-state index contributed by atoms with van der Waals surface area (Å²) in [6.45, 7) is 7.83. The molecule has 0 aromatic heterocycles. The largest absolute Gasteiger partial charge is 0.313 e. The quantitative estimate of drug-likeness (QED) is 0.817. The van der Waals surface area contributed by atoms with Crippen LogP contribution in [0.1, 0.15) is 51.1 Å². The first-order chi connectivity index (χ1) is 9.70. The third kappa shape index (κ3) is 4.29. The van der Waals surface area contributed by atoms with E-state index < -0.39 is 0 Å². The van der Waals surface area contributed by atoms with Crippen LogP contribution in [0, 0.1) is 5.82 Å². The minimum Gasteiger partial charge on any atom is -0.313 e. The number of hydrogen-bond acceptors (Lipinski definition) is 2. The van der Waals surface area contributed by atoms with Crippen molar-refractivity contribution in [3.63, 3.8) is 0 Å². The lowest BCUT2D eigenvalue weighted by Gasteiger charge is -2.31. The molecule has 0 spiro atoms. The predicted molar refractivity (Wildman–Crippen MR) is 82.3 cm³/mol. The van der Waals surface area contributed by atoms with Crippen molar-refractivity contribution in [3.8, 4) is 0 Å².